The van der Waals surface area contributed by atoms with E-state index in [0.29, 0.717) is 21.1 Å². The molecule has 0 amide bonds. The Kier molecular flexibility index (Phi) is 5.82. The lowest BCUT2D eigenvalue weighted by atomic mass is 9.74. The fourth-order valence-electron chi connectivity index (χ4n) is 4.14. The van der Waals surface area contributed by atoms with E-state index in [2.05, 4.69) is 16.4 Å². The minimum atomic E-state index is -0.341. The van der Waals surface area contributed by atoms with E-state index in [-0.39, 0.29) is 5.54 Å². The molecule has 28 heavy (non-hydrogen) atoms. The largest absolute Gasteiger partial charge is 0.321 e. The molecule has 1 fully saturated rings. The SMILES string of the molecule is NC1(c2ccnc3cc(Cl)ccc23)CCC(NCc2cc(Cl)cc(Cl)c2)CC1. The van der Waals surface area contributed by atoms with Crippen molar-refractivity contribution in [3.63, 3.8) is 0 Å². The van der Waals surface area contributed by atoms with E-state index in [4.69, 9.17) is 40.5 Å². The lowest BCUT2D eigenvalue weighted by molar-refractivity contribution is 0.252. The molecule has 1 aliphatic carbocycles. The Hall–Kier alpha value is -1.36. The Morgan fingerprint density at radius 1 is 0.964 bits per heavy atom. The van der Waals surface area contributed by atoms with Crippen LogP contribution in [0.15, 0.2) is 48.7 Å². The number of halogens is 3. The zero-order valence-electron chi connectivity index (χ0n) is 15.4. The molecule has 1 saturated carbocycles. The van der Waals surface area contributed by atoms with Crippen LogP contribution < -0.4 is 11.1 Å². The van der Waals surface area contributed by atoms with Crippen molar-refractivity contribution in [1.29, 1.82) is 0 Å². The fraction of sp³-hybridized carbons (Fsp3) is 0.318. The second-order valence-corrected chi connectivity index (χ2v) is 8.92. The summed E-state index contributed by atoms with van der Waals surface area (Å²) >= 11 is 18.3. The highest BCUT2D eigenvalue weighted by Gasteiger charge is 2.34. The van der Waals surface area contributed by atoms with Crippen LogP contribution in [0.1, 0.15) is 36.8 Å². The van der Waals surface area contributed by atoms with Crippen LogP contribution >= 0.6 is 34.8 Å². The smallest absolute Gasteiger partial charge is 0.0720 e. The highest BCUT2D eigenvalue weighted by Crippen LogP contribution is 2.38. The lowest BCUT2D eigenvalue weighted by Gasteiger charge is -2.38. The van der Waals surface area contributed by atoms with E-state index in [9.17, 15) is 0 Å². The molecule has 6 heteroatoms. The summed E-state index contributed by atoms with van der Waals surface area (Å²) in [5.74, 6) is 0. The Morgan fingerprint density at radius 3 is 2.39 bits per heavy atom. The topological polar surface area (TPSA) is 50.9 Å². The number of nitrogens with one attached hydrogen (secondary N) is 1. The van der Waals surface area contributed by atoms with Crippen LogP contribution in [0, 0.1) is 0 Å². The lowest BCUT2D eigenvalue weighted by Crippen LogP contribution is -2.45. The minimum absolute atomic E-state index is 0.341. The van der Waals surface area contributed by atoms with E-state index in [1.54, 1.807) is 6.07 Å². The summed E-state index contributed by atoms with van der Waals surface area (Å²) in [6.07, 6.45) is 5.70. The van der Waals surface area contributed by atoms with Gasteiger partial charge in [0, 0.05) is 44.8 Å². The Labute approximate surface area is 180 Å². The van der Waals surface area contributed by atoms with Crippen molar-refractivity contribution in [2.75, 3.05) is 0 Å². The monoisotopic (exact) mass is 433 g/mol. The number of pyridine rings is 1. The van der Waals surface area contributed by atoms with Gasteiger partial charge >= 0.3 is 0 Å². The molecule has 0 unspecified atom stereocenters. The van der Waals surface area contributed by atoms with Crippen LogP contribution in [0.2, 0.25) is 15.1 Å². The van der Waals surface area contributed by atoms with Gasteiger partial charge in [0.25, 0.3) is 0 Å². The number of rotatable bonds is 4. The van der Waals surface area contributed by atoms with E-state index < -0.39 is 0 Å². The van der Waals surface area contributed by atoms with E-state index >= 15 is 0 Å². The van der Waals surface area contributed by atoms with E-state index in [1.165, 1.54) is 0 Å². The Balaban J connectivity index is 1.44. The van der Waals surface area contributed by atoms with Crippen molar-refractivity contribution in [3.05, 3.63) is 74.9 Å². The maximum absolute atomic E-state index is 6.87. The van der Waals surface area contributed by atoms with Gasteiger partial charge in [0.1, 0.15) is 0 Å². The first-order valence-electron chi connectivity index (χ1n) is 9.45. The summed E-state index contributed by atoms with van der Waals surface area (Å²) < 4.78 is 0. The summed E-state index contributed by atoms with van der Waals surface area (Å²) in [5, 5.41) is 6.74. The quantitative estimate of drug-likeness (QED) is 0.523. The Morgan fingerprint density at radius 2 is 1.68 bits per heavy atom. The van der Waals surface area contributed by atoms with Crippen LogP contribution in [0.5, 0.6) is 0 Å². The molecule has 0 aliphatic heterocycles. The molecule has 1 heterocycles. The van der Waals surface area contributed by atoms with Gasteiger partial charge in [-0.1, -0.05) is 40.9 Å². The number of nitrogens with two attached hydrogens (primary N) is 1. The van der Waals surface area contributed by atoms with Crippen LogP contribution in [-0.2, 0) is 12.1 Å². The molecule has 0 bridgehead atoms. The minimum Gasteiger partial charge on any atom is -0.321 e. The highest BCUT2D eigenvalue weighted by molar-refractivity contribution is 6.34. The van der Waals surface area contributed by atoms with Gasteiger partial charge < -0.3 is 11.1 Å². The van der Waals surface area contributed by atoms with Gasteiger partial charge in [-0.2, -0.15) is 0 Å². The molecule has 146 valence electrons. The number of benzene rings is 2. The molecule has 4 rings (SSSR count). The van der Waals surface area contributed by atoms with Gasteiger partial charge in [-0.15, -0.1) is 0 Å². The Bertz CT molecular complexity index is 977. The van der Waals surface area contributed by atoms with Gasteiger partial charge in [-0.3, -0.25) is 4.98 Å². The van der Waals surface area contributed by atoms with Gasteiger partial charge in [0.05, 0.1) is 5.52 Å². The molecule has 1 aromatic heterocycles. The molecule has 2 aromatic carbocycles. The first-order valence-corrected chi connectivity index (χ1v) is 10.6. The van der Waals surface area contributed by atoms with Gasteiger partial charge in [-0.05, 0) is 73.2 Å². The predicted molar refractivity (Wildman–Crippen MR) is 118 cm³/mol. The molecule has 0 spiro atoms. The predicted octanol–water partition coefficient (Wildman–Crippen LogP) is 6.08. The third-order valence-corrected chi connectivity index (χ3v) is 6.31. The fourth-order valence-corrected chi connectivity index (χ4v) is 4.87. The third-order valence-electron chi connectivity index (χ3n) is 5.64. The normalized spacial score (nSPS) is 22.5. The van der Waals surface area contributed by atoms with Crippen molar-refractivity contribution in [3.8, 4) is 0 Å². The number of aromatic nitrogens is 1. The molecule has 3 aromatic rings. The first-order chi connectivity index (χ1) is 13.4. The molecular weight excluding hydrogens is 413 g/mol. The number of nitrogens with zero attached hydrogens (tertiary/aromatic N) is 1. The highest BCUT2D eigenvalue weighted by atomic mass is 35.5. The van der Waals surface area contributed by atoms with Crippen LogP contribution in [0.3, 0.4) is 0 Å². The van der Waals surface area contributed by atoms with Crippen molar-refractivity contribution < 1.29 is 0 Å². The average Bonchev–Trinajstić information content (AvgIpc) is 2.66. The number of fused-ring (bicyclic) bond motifs is 1. The molecule has 0 radical (unpaired) electrons. The van der Waals surface area contributed by atoms with Crippen molar-refractivity contribution in [1.82, 2.24) is 10.3 Å². The summed E-state index contributed by atoms with van der Waals surface area (Å²) in [7, 11) is 0. The zero-order valence-corrected chi connectivity index (χ0v) is 17.7. The summed E-state index contributed by atoms with van der Waals surface area (Å²) in [5.41, 5.74) is 9.68. The van der Waals surface area contributed by atoms with Gasteiger partial charge in [0.2, 0.25) is 0 Å². The summed E-state index contributed by atoms with van der Waals surface area (Å²) in [6, 6.07) is 14.0. The molecule has 3 nitrogen and oxygen atoms in total. The molecule has 1 aliphatic rings. The number of hydrogen-bond donors (Lipinski definition) is 2. The van der Waals surface area contributed by atoms with Crippen LogP contribution in [0.25, 0.3) is 10.9 Å². The zero-order chi connectivity index (χ0) is 19.7. The van der Waals surface area contributed by atoms with Crippen LogP contribution in [0.4, 0.5) is 0 Å². The van der Waals surface area contributed by atoms with Gasteiger partial charge in [0.15, 0.2) is 0 Å². The van der Waals surface area contributed by atoms with Crippen molar-refractivity contribution in [2.24, 2.45) is 5.73 Å². The molecule has 0 atom stereocenters. The second-order valence-electron chi connectivity index (χ2n) is 7.61. The van der Waals surface area contributed by atoms with Crippen LogP contribution in [-0.4, -0.2) is 11.0 Å². The first kappa shape index (κ1) is 19.9. The summed E-state index contributed by atoms with van der Waals surface area (Å²) in [6.45, 7) is 0.749. The molecule has 0 saturated heterocycles. The molecule has 3 N–H and O–H groups in total. The third kappa shape index (κ3) is 4.29. The van der Waals surface area contributed by atoms with Crippen molar-refractivity contribution in [2.45, 2.75) is 43.8 Å². The maximum atomic E-state index is 6.87. The average molecular weight is 435 g/mol. The maximum Gasteiger partial charge on any atom is 0.0720 e. The molecular formula is C22H22Cl3N3. The van der Waals surface area contributed by atoms with Crippen molar-refractivity contribution >= 4 is 45.7 Å². The van der Waals surface area contributed by atoms with E-state index in [1.807, 2.05) is 36.5 Å². The number of hydrogen-bond acceptors (Lipinski definition) is 3. The van der Waals surface area contributed by atoms with Gasteiger partial charge in [-0.25, -0.2) is 0 Å². The second kappa shape index (κ2) is 8.17. The van der Waals surface area contributed by atoms with E-state index in [0.717, 1.165) is 54.3 Å². The summed E-state index contributed by atoms with van der Waals surface area (Å²) in [4.78, 5) is 4.45. The standard InChI is InChI=1S/C22H22Cl3N3/c23-15-1-2-19-20(5-8-27-21(19)12-15)22(26)6-3-18(4-7-22)28-13-14-9-16(24)11-17(25)10-14/h1-2,5,8-12,18,28H,3-4,6-7,13,26H2.